The standard InChI is InChI=1S/C6H14N.Ta/c1-3-5-7-6-4-2;/h3-6H2,1-2H3;/q-1;+1. The van der Waals surface area contributed by atoms with Gasteiger partial charge in [0.05, 0.1) is 0 Å². The van der Waals surface area contributed by atoms with Gasteiger partial charge in [0.1, 0.15) is 0 Å². The molecule has 0 unspecified atom stereocenters. The van der Waals surface area contributed by atoms with Crippen LogP contribution in [0.25, 0.3) is 0 Å². The van der Waals surface area contributed by atoms with E-state index < -0.39 is 0 Å². The fraction of sp³-hybridized carbons (Fsp3) is 1.00. The van der Waals surface area contributed by atoms with Gasteiger partial charge in [-0.15, -0.1) is 0 Å². The molecule has 0 aromatic carbocycles. The van der Waals surface area contributed by atoms with Crippen molar-refractivity contribution in [2.24, 2.45) is 0 Å². The van der Waals surface area contributed by atoms with E-state index in [4.69, 9.17) is 0 Å². The minimum absolute atomic E-state index is 1.29. The topological polar surface area (TPSA) is 3.24 Å². The quantitative estimate of drug-likeness (QED) is 0.756. The van der Waals surface area contributed by atoms with Gasteiger partial charge in [0.2, 0.25) is 0 Å². The summed E-state index contributed by atoms with van der Waals surface area (Å²) in [5, 5.41) is 0. The molecule has 2 heteroatoms. The number of rotatable bonds is 4. The van der Waals surface area contributed by atoms with Gasteiger partial charge in [0, 0.05) is 0 Å². The molecule has 0 saturated heterocycles. The molecule has 0 atom stereocenters. The van der Waals surface area contributed by atoms with Crippen LogP contribution in [0.3, 0.4) is 0 Å². The first kappa shape index (κ1) is 8.70. The Balaban J connectivity index is 2.92. The van der Waals surface area contributed by atoms with Crippen LogP contribution in [0.1, 0.15) is 26.7 Å². The molecule has 0 saturated carbocycles. The zero-order valence-electron chi connectivity index (χ0n) is 5.72. The van der Waals surface area contributed by atoms with Crippen LogP contribution in [-0.4, -0.2) is 16.4 Å². The van der Waals surface area contributed by atoms with Crippen LogP contribution in [0.2, 0.25) is 0 Å². The Hall–Kier alpha value is 0.700. The van der Waals surface area contributed by atoms with Gasteiger partial charge >= 0.3 is 64.4 Å². The molecule has 8 heavy (non-hydrogen) atoms. The third-order valence-electron chi connectivity index (χ3n) is 0.963. The molecule has 48 valence electrons. The van der Waals surface area contributed by atoms with E-state index in [1.807, 2.05) is 0 Å². The molecule has 0 aliphatic heterocycles. The van der Waals surface area contributed by atoms with Crippen molar-refractivity contribution < 1.29 is 21.3 Å². The van der Waals surface area contributed by atoms with Gasteiger partial charge in [0.15, 0.2) is 0 Å². The van der Waals surface area contributed by atoms with E-state index in [1.165, 1.54) is 47.3 Å². The average Bonchev–Trinajstić information content (AvgIpc) is 1.68. The monoisotopic (exact) mass is 281 g/mol. The maximum atomic E-state index is 2.47. The molecule has 0 heterocycles. The van der Waals surface area contributed by atoms with Crippen molar-refractivity contribution in [1.82, 2.24) is 3.30 Å². The molecule has 0 radical (unpaired) electrons. The summed E-state index contributed by atoms with van der Waals surface area (Å²) in [7, 11) is 0. The molecular formula is C6H14NTa. The van der Waals surface area contributed by atoms with Gasteiger partial charge < -0.3 is 0 Å². The van der Waals surface area contributed by atoms with Crippen LogP contribution >= 0.6 is 0 Å². The van der Waals surface area contributed by atoms with E-state index in [0.717, 1.165) is 0 Å². The first-order valence-electron chi connectivity index (χ1n) is 3.25. The Kier molecular flexibility index (Phi) is 6.34. The summed E-state index contributed by atoms with van der Waals surface area (Å²) in [6.07, 6.45) is 2.60. The van der Waals surface area contributed by atoms with Crippen LogP contribution < -0.4 is 0 Å². The van der Waals surface area contributed by atoms with Crippen molar-refractivity contribution in [3.63, 3.8) is 0 Å². The van der Waals surface area contributed by atoms with E-state index >= 15 is 0 Å². The maximum absolute atomic E-state index is 2.47. The fourth-order valence-electron chi connectivity index (χ4n) is 0.628. The average molecular weight is 281 g/mol. The summed E-state index contributed by atoms with van der Waals surface area (Å²) in [5.74, 6) is 0. The zero-order chi connectivity index (χ0) is 6.41. The zero-order valence-corrected chi connectivity index (χ0v) is 8.94. The second-order valence-corrected chi connectivity index (χ2v) is 3.99. The predicted molar refractivity (Wildman–Crippen MR) is 32.2 cm³/mol. The number of nitrogens with zero attached hydrogens (tertiary/aromatic N) is 1. The normalized spacial score (nSPS) is 10.4. The molecule has 0 fully saturated rings. The molecular weight excluding hydrogens is 267 g/mol. The third kappa shape index (κ3) is 4.85. The van der Waals surface area contributed by atoms with Crippen LogP contribution in [0.15, 0.2) is 0 Å². The molecule has 1 nitrogen and oxygen atoms in total. The molecule has 0 aliphatic carbocycles. The second kappa shape index (κ2) is 5.83. The van der Waals surface area contributed by atoms with Crippen LogP contribution in [0, 0.1) is 0 Å². The Morgan fingerprint density at radius 2 is 1.50 bits per heavy atom. The summed E-state index contributed by atoms with van der Waals surface area (Å²) in [6.45, 7) is 7.05. The molecule has 0 amide bonds. The SMILES string of the molecule is CCC[N]([Ta])CCC. The van der Waals surface area contributed by atoms with Crippen molar-refractivity contribution in [3.8, 4) is 0 Å². The van der Waals surface area contributed by atoms with Crippen molar-refractivity contribution in [1.29, 1.82) is 0 Å². The van der Waals surface area contributed by atoms with Crippen molar-refractivity contribution in [2.45, 2.75) is 26.7 Å². The number of hydrogen-bond acceptors (Lipinski definition) is 1. The summed E-state index contributed by atoms with van der Waals surface area (Å²) in [6, 6.07) is 0. The predicted octanol–water partition coefficient (Wildman–Crippen LogP) is 1.57. The van der Waals surface area contributed by atoms with Crippen molar-refractivity contribution in [2.75, 3.05) is 13.1 Å². The van der Waals surface area contributed by atoms with Crippen LogP contribution in [0.5, 0.6) is 0 Å². The molecule has 0 rings (SSSR count). The summed E-state index contributed by atoms with van der Waals surface area (Å²) in [5.41, 5.74) is 0. The van der Waals surface area contributed by atoms with Gasteiger partial charge in [0.25, 0.3) is 0 Å². The Morgan fingerprint density at radius 1 is 1.12 bits per heavy atom. The van der Waals surface area contributed by atoms with Crippen LogP contribution in [-0.2, 0) is 21.3 Å². The molecule has 0 spiro atoms. The summed E-state index contributed by atoms with van der Waals surface area (Å²) in [4.78, 5) is 0. The van der Waals surface area contributed by atoms with Gasteiger partial charge in [-0.2, -0.15) is 0 Å². The van der Waals surface area contributed by atoms with Crippen LogP contribution in [0.4, 0.5) is 0 Å². The Bertz CT molecular complexity index is 41.8. The van der Waals surface area contributed by atoms with Gasteiger partial charge in [-0.3, -0.25) is 0 Å². The molecule has 0 N–H and O–H groups in total. The molecule has 0 bridgehead atoms. The van der Waals surface area contributed by atoms with Gasteiger partial charge in [-0.25, -0.2) is 0 Å². The van der Waals surface area contributed by atoms with E-state index in [2.05, 4.69) is 17.2 Å². The van der Waals surface area contributed by atoms with Crippen molar-refractivity contribution in [3.05, 3.63) is 0 Å². The van der Waals surface area contributed by atoms with E-state index in [-0.39, 0.29) is 0 Å². The van der Waals surface area contributed by atoms with Gasteiger partial charge in [-0.1, -0.05) is 0 Å². The van der Waals surface area contributed by atoms with Gasteiger partial charge in [-0.05, 0) is 0 Å². The summed E-state index contributed by atoms with van der Waals surface area (Å²) < 4.78 is 2.47. The minimum atomic E-state index is 1.29. The van der Waals surface area contributed by atoms with E-state index in [1.54, 1.807) is 0 Å². The molecule has 0 aromatic rings. The Morgan fingerprint density at radius 3 is 1.75 bits per heavy atom. The molecule has 0 aromatic heterocycles. The first-order valence-corrected chi connectivity index (χ1v) is 4.68. The third-order valence-corrected chi connectivity index (χ3v) is 2.40. The summed E-state index contributed by atoms with van der Waals surface area (Å²) >= 11 is 1.43. The van der Waals surface area contributed by atoms with E-state index in [9.17, 15) is 0 Å². The fourth-order valence-corrected chi connectivity index (χ4v) is 2.07. The first-order chi connectivity index (χ1) is 3.81. The van der Waals surface area contributed by atoms with Crippen molar-refractivity contribution >= 4 is 0 Å². The molecule has 0 aliphatic rings. The van der Waals surface area contributed by atoms with E-state index in [0.29, 0.717) is 0 Å². The second-order valence-electron chi connectivity index (χ2n) is 1.95. The number of hydrogen-bond donors (Lipinski definition) is 0. The Labute approximate surface area is 64.7 Å².